The number of alkyl halides is 2. The zero-order valence-electron chi connectivity index (χ0n) is 16.3. The number of rotatable bonds is 8. The Hall–Kier alpha value is -3.86. The normalized spacial score (nSPS) is 11.1. The van der Waals surface area contributed by atoms with Crippen molar-refractivity contribution in [1.82, 2.24) is 4.98 Å². The zero-order chi connectivity index (χ0) is 23.1. The fourth-order valence-electron chi connectivity index (χ4n) is 2.46. The van der Waals surface area contributed by atoms with E-state index in [1.54, 1.807) is 30.3 Å². The number of aromatic nitrogens is 1. The molecular weight excluding hydrogens is 446 g/mol. The van der Waals surface area contributed by atoms with Crippen molar-refractivity contribution in [2.24, 2.45) is 0 Å². The number of halogens is 2. The van der Waals surface area contributed by atoms with Crippen molar-refractivity contribution in [2.75, 3.05) is 11.9 Å². The number of anilines is 1. The SMILES string of the molecule is O=C(COC(=O)c1cccnc1Oc1ccccc1)Nc1ccc(S(=O)(=O)C(F)F)cc1. The molecule has 3 rings (SSSR count). The second-order valence-electron chi connectivity index (χ2n) is 6.23. The summed E-state index contributed by atoms with van der Waals surface area (Å²) in [6.07, 6.45) is 1.43. The van der Waals surface area contributed by atoms with Crippen molar-refractivity contribution >= 4 is 27.4 Å². The number of carbonyl (C=O) groups excluding carboxylic acids is 2. The Balaban J connectivity index is 1.59. The Morgan fingerprint density at radius 3 is 2.31 bits per heavy atom. The second kappa shape index (κ2) is 9.96. The van der Waals surface area contributed by atoms with Crippen LogP contribution < -0.4 is 10.1 Å². The van der Waals surface area contributed by atoms with Gasteiger partial charge < -0.3 is 14.8 Å². The van der Waals surface area contributed by atoms with Crippen molar-refractivity contribution in [3.63, 3.8) is 0 Å². The van der Waals surface area contributed by atoms with Crippen LogP contribution in [0.3, 0.4) is 0 Å². The monoisotopic (exact) mass is 462 g/mol. The van der Waals surface area contributed by atoms with Gasteiger partial charge in [0.25, 0.3) is 5.91 Å². The Kier molecular flexibility index (Phi) is 7.11. The van der Waals surface area contributed by atoms with Crippen molar-refractivity contribution in [3.05, 3.63) is 78.5 Å². The molecule has 1 amide bonds. The lowest BCUT2D eigenvalue weighted by Gasteiger charge is -2.10. The van der Waals surface area contributed by atoms with Crippen molar-refractivity contribution in [2.45, 2.75) is 10.7 Å². The summed E-state index contributed by atoms with van der Waals surface area (Å²) in [7, 11) is -4.73. The molecule has 1 heterocycles. The number of esters is 1. The zero-order valence-corrected chi connectivity index (χ0v) is 17.1. The lowest BCUT2D eigenvalue weighted by atomic mass is 10.2. The third kappa shape index (κ3) is 5.64. The van der Waals surface area contributed by atoms with E-state index in [1.807, 2.05) is 0 Å². The molecule has 0 atom stereocenters. The number of ether oxygens (including phenoxy) is 2. The quantitative estimate of drug-likeness (QED) is 0.509. The molecule has 0 aliphatic heterocycles. The third-order valence-electron chi connectivity index (χ3n) is 3.98. The summed E-state index contributed by atoms with van der Waals surface area (Å²) in [5.41, 5.74) is 0.138. The summed E-state index contributed by atoms with van der Waals surface area (Å²) in [6, 6.07) is 15.7. The van der Waals surface area contributed by atoms with Crippen LogP contribution in [0.2, 0.25) is 0 Å². The molecule has 0 saturated heterocycles. The van der Waals surface area contributed by atoms with Crippen LogP contribution in [0, 0.1) is 0 Å². The van der Waals surface area contributed by atoms with Gasteiger partial charge in [0.15, 0.2) is 6.61 Å². The summed E-state index contributed by atoms with van der Waals surface area (Å²) < 4.78 is 58.5. The van der Waals surface area contributed by atoms with Crippen molar-refractivity contribution in [3.8, 4) is 11.6 Å². The molecular formula is C21H16F2N2O6S. The highest BCUT2D eigenvalue weighted by molar-refractivity contribution is 7.91. The summed E-state index contributed by atoms with van der Waals surface area (Å²) in [5.74, 6) is -4.67. The van der Waals surface area contributed by atoms with Gasteiger partial charge in [-0.3, -0.25) is 4.79 Å². The van der Waals surface area contributed by atoms with Gasteiger partial charge in [-0.1, -0.05) is 18.2 Å². The summed E-state index contributed by atoms with van der Waals surface area (Å²) in [5, 5.41) is 2.37. The lowest BCUT2D eigenvalue weighted by molar-refractivity contribution is -0.119. The number of nitrogens with one attached hydrogen (secondary N) is 1. The number of nitrogens with zero attached hydrogens (tertiary/aromatic N) is 1. The van der Waals surface area contributed by atoms with E-state index in [4.69, 9.17) is 9.47 Å². The summed E-state index contributed by atoms with van der Waals surface area (Å²) in [4.78, 5) is 27.8. The van der Waals surface area contributed by atoms with Crippen LogP contribution in [0.1, 0.15) is 10.4 Å². The van der Waals surface area contributed by atoms with E-state index in [1.165, 1.54) is 18.3 Å². The van der Waals surface area contributed by atoms with Crippen LogP contribution in [0.5, 0.6) is 11.6 Å². The molecule has 8 nitrogen and oxygen atoms in total. The predicted octanol–water partition coefficient (Wildman–Crippen LogP) is 3.67. The minimum absolute atomic E-state index is 0.0000590. The largest absolute Gasteiger partial charge is 0.452 e. The fraction of sp³-hybridized carbons (Fsp3) is 0.0952. The molecule has 3 aromatic rings. The Labute approximate surface area is 181 Å². The number of carbonyl (C=O) groups is 2. The average Bonchev–Trinajstić information content (AvgIpc) is 2.79. The van der Waals surface area contributed by atoms with Gasteiger partial charge in [0.2, 0.25) is 15.7 Å². The molecule has 0 fully saturated rings. The van der Waals surface area contributed by atoms with Crippen LogP contribution >= 0.6 is 0 Å². The van der Waals surface area contributed by atoms with Gasteiger partial charge >= 0.3 is 11.7 Å². The first kappa shape index (κ1) is 22.8. The Morgan fingerprint density at radius 2 is 1.66 bits per heavy atom. The third-order valence-corrected chi connectivity index (χ3v) is 5.38. The van der Waals surface area contributed by atoms with Crippen molar-refractivity contribution in [1.29, 1.82) is 0 Å². The van der Waals surface area contributed by atoms with E-state index in [9.17, 15) is 26.8 Å². The highest BCUT2D eigenvalue weighted by Crippen LogP contribution is 2.23. The smallest absolute Gasteiger partial charge is 0.344 e. The van der Waals surface area contributed by atoms with Crippen LogP contribution in [-0.2, 0) is 19.4 Å². The maximum atomic E-state index is 12.6. The molecule has 0 unspecified atom stereocenters. The highest BCUT2D eigenvalue weighted by atomic mass is 32.2. The molecule has 0 radical (unpaired) electrons. The van der Waals surface area contributed by atoms with Gasteiger partial charge in [-0.05, 0) is 48.5 Å². The molecule has 0 bridgehead atoms. The summed E-state index contributed by atoms with van der Waals surface area (Å²) in [6.45, 7) is -0.657. The first-order valence-electron chi connectivity index (χ1n) is 9.04. The number of amides is 1. The van der Waals surface area contributed by atoms with Gasteiger partial charge in [-0.25, -0.2) is 18.2 Å². The second-order valence-corrected chi connectivity index (χ2v) is 8.14. The first-order chi connectivity index (χ1) is 15.3. The summed E-state index contributed by atoms with van der Waals surface area (Å²) >= 11 is 0. The van der Waals surface area contributed by atoms with Crippen LogP contribution in [0.15, 0.2) is 77.8 Å². The van der Waals surface area contributed by atoms with E-state index in [0.717, 1.165) is 24.3 Å². The topological polar surface area (TPSA) is 112 Å². The standard InChI is InChI=1S/C21H16F2N2O6S/c22-21(23)32(28,29)16-10-8-14(9-11-16)25-18(26)13-30-20(27)17-7-4-12-24-19(17)31-15-5-2-1-3-6-15/h1-12,21H,13H2,(H,25,26). The van der Waals surface area contributed by atoms with Crippen molar-refractivity contribution < 1.29 is 36.3 Å². The number of sulfone groups is 1. The maximum Gasteiger partial charge on any atom is 0.344 e. The molecule has 166 valence electrons. The average molecular weight is 462 g/mol. The predicted molar refractivity (Wildman–Crippen MR) is 109 cm³/mol. The number of benzene rings is 2. The number of hydrogen-bond acceptors (Lipinski definition) is 7. The maximum absolute atomic E-state index is 12.6. The Bertz CT molecular complexity index is 1200. The van der Waals surface area contributed by atoms with Crippen LogP contribution in [-0.4, -0.2) is 37.6 Å². The molecule has 2 aromatic carbocycles. The minimum atomic E-state index is -4.73. The highest BCUT2D eigenvalue weighted by Gasteiger charge is 2.26. The molecule has 0 saturated carbocycles. The molecule has 0 spiro atoms. The fourth-order valence-corrected chi connectivity index (χ4v) is 3.19. The number of pyridine rings is 1. The van der Waals surface area contributed by atoms with Crippen LogP contribution in [0.25, 0.3) is 0 Å². The van der Waals surface area contributed by atoms with Crippen LogP contribution in [0.4, 0.5) is 14.5 Å². The Morgan fingerprint density at radius 1 is 0.969 bits per heavy atom. The number of hydrogen-bond donors (Lipinski definition) is 1. The lowest BCUT2D eigenvalue weighted by Crippen LogP contribution is -2.21. The molecule has 0 aliphatic rings. The van der Waals surface area contributed by atoms with E-state index >= 15 is 0 Å². The number of para-hydroxylation sites is 1. The molecule has 1 N–H and O–H groups in total. The van der Waals surface area contributed by atoms with Gasteiger partial charge in [0, 0.05) is 11.9 Å². The van der Waals surface area contributed by atoms with Gasteiger partial charge in [-0.15, -0.1) is 0 Å². The minimum Gasteiger partial charge on any atom is -0.452 e. The van der Waals surface area contributed by atoms with E-state index < -0.39 is 39.0 Å². The molecule has 11 heteroatoms. The first-order valence-corrected chi connectivity index (χ1v) is 10.6. The van der Waals surface area contributed by atoms with Gasteiger partial charge in [0.05, 0.1) is 4.90 Å². The molecule has 32 heavy (non-hydrogen) atoms. The van der Waals surface area contributed by atoms with E-state index in [2.05, 4.69) is 10.3 Å². The van der Waals surface area contributed by atoms with E-state index in [-0.39, 0.29) is 17.1 Å². The van der Waals surface area contributed by atoms with Gasteiger partial charge in [0.1, 0.15) is 11.3 Å². The van der Waals surface area contributed by atoms with E-state index in [0.29, 0.717) is 5.75 Å². The molecule has 0 aliphatic carbocycles. The van der Waals surface area contributed by atoms with Gasteiger partial charge in [-0.2, -0.15) is 8.78 Å². The molecule has 1 aromatic heterocycles.